The molecule has 2 N–H and O–H groups in total. The number of amides is 1. The fourth-order valence-electron chi connectivity index (χ4n) is 2.26. The van der Waals surface area contributed by atoms with E-state index in [0.717, 1.165) is 16.5 Å². The Bertz CT molecular complexity index is 739. The fourth-order valence-corrected chi connectivity index (χ4v) is 2.90. The number of hydrogen-bond acceptors (Lipinski definition) is 3. The first-order valence-corrected chi connectivity index (χ1v) is 7.85. The Kier molecular flexibility index (Phi) is 4.85. The van der Waals surface area contributed by atoms with E-state index in [1.54, 1.807) is 4.40 Å². The van der Waals surface area contributed by atoms with Gasteiger partial charge in [-0.3, -0.25) is 14.0 Å². The highest BCUT2D eigenvalue weighted by Crippen LogP contribution is 2.23. The molecule has 2 aromatic heterocycles. The molecule has 0 saturated heterocycles. The van der Waals surface area contributed by atoms with Crippen LogP contribution in [0.15, 0.2) is 16.7 Å². The van der Waals surface area contributed by atoms with Crippen molar-refractivity contribution < 1.29 is 14.7 Å². The third-order valence-electron chi connectivity index (χ3n) is 3.30. The molecule has 0 aliphatic rings. The number of nitrogens with zero attached hydrogens (tertiary/aromatic N) is 2. The van der Waals surface area contributed by atoms with Gasteiger partial charge in [0.25, 0.3) is 5.91 Å². The van der Waals surface area contributed by atoms with Crippen LogP contribution in [0.4, 0.5) is 0 Å². The Morgan fingerprint density at radius 3 is 2.77 bits per heavy atom. The minimum atomic E-state index is -1.07. The zero-order valence-electron chi connectivity index (χ0n) is 12.7. The molecule has 0 aromatic carbocycles. The lowest BCUT2D eigenvalue weighted by atomic mass is 10.2. The molecule has 118 valence electrons. The Balaban J connectivity index is 2.56. The second-order valence-electron chi connectivity index (χ2n) is 5.25. The zero-order valence-corrected chi connectivity index (χ0v) is 14.3. The number of carbonyl (C=O) groups is 2. The second-order valence-corrected chi connectivity index (χ2v) is 6.10. The lowest BCUT2D eigenvalue weighted by Gasteiger charge is -2.10. The van der Waals surface area contributed by atoms with Crippen molar-refractivity contribution in [1.82, 2.24) is 14.7 Å². The van der Waals surface area contributed by atoms with E-state index in [0.29, 0.717) is 23.5 Å². The number of carboxylic acids is 1. The Labute approximate surface area is 136 Å². The van der Waals surface area contributed by atoms with Gasteiger partial charge in [-0.15, -0.1) is 0 Å². The summed E-state index contributed by atoms with van der Waals surface area (Å²) in [5.74, 6) is -1.50. The quantitative estimate of drug-likeness (QED) is 0.850. The van der Waals surface area contributed by atoms with E-state index < -0.39 is 17.9 Å². The number of pyridine rings is 1. The number of carboxylic acid groups (broad SMARTS) is 1. The van der Waals surface area contributed by atoms with E-state index in [1.165, 1.54) is 6.92 Å². The maximum Gasteiger partial charge on any atom is 0.325 e. The third-order valence-corrected chi connectivity index (χ3v) is 3.89. The summed E-state index contributed by atoms with van der Waals surface area (Å²) in [4.78, 5) is 28.0. The fraction of sp³-hybridized carbons (Fsp3) is 0.400. The van der Waals surface area contributed by atoms with Gasteiger partial charge in [0.1, 0.15) is 11.7 Å². The van der Waals surface area contributed by atoms with Crippen LogP contribution in [0.1, 0.15) is 42.0 Å². The standard InChI is InChI=1S/C15H18BrN3O3/c1-4-5-11-12(14(20)17-9(3)15(21)22)19-7-8(2)6-10(16)13(19)18-11/h6-7,9H,4-5H2,1-3H3,(H,17,20)(H,21,22). The van der Waals surface area contributed by atoms with Gasteiger partial charge in [-0.05, 0) is 47.8 Å². The smallest absolute Gasteiger partial charge is 0.325 e. The number of aliphatic carboxylic acids is 1. The van der Waals surface area contributed by atoms with Crippen LogP contribution in [-0.4, -0.2) is 32.4 Å². The van der Waals surface area contributed by atoms with Gasteiger partial charge in [0.05, 0.1) is 10.2 Å². The largest absolute Gasteiger partial charge is 0.480 e. The van der Waals surface area contributed by atoms with Crippen LogP contribution in [0, 0.1) is 6.92 Å². The lowest BCUT2D eigenvalue weighted by molar-refractivity contribution is -0.138. The Hall–Kier alpha value is -1.89. The van der Waals surface area contributed by atoms with Gasteiger partial charge in [-0.1, -0.05) is 13.3 Å². The molecule has 0 fully saturated rings. The van der Waals surface area contributed by atoms with Crippen molar-refractivity contribution in [2.24, 2.45) is 0 Å². The highest BCUT2D eigenvalue weighted by Gasteiger charge is 2.23. The summed E-state index contributed by atoms with van der Waals surface area (Å²) in [6, 6.07) is 0.973. The maximum atomic E-state index is 12.5. The average molecular weight is 368 g/mol. The average Bonchev–Trinajstić information content (AvgIpc) is 2.77. The van der Waals surface area contributed by atoms with Gasteiger partial charge < -0.3 is 10.4 Å². The van der Waals surface area contributed by atoms with Gasteiger partial charge >= 0.3 is 5.97 Å². The van der Waals surface area contributed by atoms with E-state index in [2.05, 4.69) is 26.2 Å². The molecule has 2 heterocycles. The van der Waals surface area contributed by atoms with Crippen molar-refractivity contribution in [2.75, 3.05) is 0 Å². The SMILES string of the molecule is CCCc1nc2c(Br)cc(C)cn2c1C(=O)NC(C)C(=O)O. The number of halogens is 1. The number of carbonyl (C=O) groups excluding carboxylic acids is 1. The van der Waals surface area contributed by atoms with Crippen molar-refractivity contribution in [1.29, 1.82) is 0 Å². The van der Waals surface area contributed by atoms with Crippen molar-refractivity contribution in [3.8, 4) is 0 Å². The van der Waals surface area contributed by atoms with Crippen LogP contribution >= 0.6 is 15.9 Å². The molecule has 1 unspecified atom stereocenters. The maximum absolute atomic E-state index is 12.5. The summed E-state index contributed by atoms with van der Waals surface area (Å²) in [6.45, 7) is 5.36. The molecule has 7 heteroatoms. The molecule has 0 saturated carbocycles. The summed E-state index contributed by atoms with van der Waals surface area (Å²) in [5, 5.41) is 11.5. The second kappa shape index (κ2) is 6.48. The topological polar surface area (TPSA) is 83.7 Å². The highest BCUT2D eigenvalue weighted by molar-refractivity contribution is 9.10. The summed E-state index contributed by atoms with van der Waals surface area (Å²) < 4.78 is 2.52. The Morgan fingerprint density at radius 1 is 1.50 bits per heavy atom. The first-order valence-electron chi connectivity index (χ1n) is 7.05. The molecule has 0 aliphatic heterocycles. The molecule has 0 radical (unpaired) electrons. The minimum Gasteiger partial charge on any atom is -0.480 e. The van der Waals surface area contributed by atoms with E-state index in [4.69, 9.17) is 5.11 Å². The van der Waals surface area contributed by atoms with Gasteiger partial charge in [-0.2, -0.15) is 0 Å². The van der Waals surface area contributed by atoms with Crippen molar-refractivity contribution in [3.63, 3.8) is 0 Å². The van der Waals surface area contributed by atoms with Crippen LogP contribution in [0.5, 0.6) is 0 Å². The lowest BCUT2D eigenvalue weighted by Crippen LogP contribution is -2.39. The van der Waals surface area contributed by atoms with Gasteiger partial charge in [0.2, 0.25) is 0 Å². The number of hydrogen-bond donors (Lipinski definition) is 2. The summed E-state index contributed by atoms with van der Waals surface area (Å²) in [7, 11) is 0. The van der Waals surface area contributed by atoms with E-state index in [9.17, 15) is 9.59 Å². The van der Waals surface area contributed by atoms with E-state index in [-0.39, 0.29) is 0 Å². The Morgan fingerprint density at radius 2 is 2.18 bits per heavy atom. The van der Waals surface area contributed by atoms with Crippen LogP contribution in [0.3, 0.4) is 0 Å². The predicted octanol–water partition coefficient (Wildman–Crippen LogP) is 2.56. The van der Waals surface area contributed by atoms with Crippen molar-refractivity contribution >= 4 is 33.5 Å². The van der Waals surface area contributed by atoms with Crippen molar-refractivity contribution in [2.45, 2.75) is 39.7 Å². The van der Waals surface area contributed by atoms with Gasteiger partial charge in [0, 0.05) is 6.20 Å². The first-order chi connectivity index (χ1) is 10.3. The van der Waals surface area contributed by atoms with Gasteiger partial charge in [-0.25, -0.2) is 4.98 Å². The highest BCUT2D eigenvalue weighted by atomic mass is 79.9. The molecule has 2 aromatic rings. The van der Waals surface area contributed by atoms with E-state index >= 15 is 0 Å². The summed E-state index contributed by atoms with van der Waals surface area (Å²) >= 11 is 3.46. The van der Waals surface area contributed by atoms with Crippen molar-refractivity contribution in [3.05, 3.63) is 33.7 Å². The zero-order chi connectivity index (χ0) is 16.4. The summed E-state index contributed by atoms with van der Waals surface area (Å²) in [6.07, 6.45) is 3.32. The molecule has 2 rings (SSSR count). The van der Waals surface area contributed by atoms with Crippen LogP contribution < -0.4 is 5.32 Å². The number of nitrogens with one attached hydrogen (secondary N) is 1. The predicted molar refractivity (Wildman–Crippen MR) is 86.2 cm³/mol. The first kappa shape index (κ1) is 16.5. The third kappa shape index (κ3) is 3.14. The van der Waals surface area contributed by atoms with Crippen LogP contribution in [0.2, 0.25) is 0 Å². The number of fused-ring (bicyclic) bond motifs is 1. The number of rotatable bonds is 5. The molecular weight excluding hydrogens is 350 g/mol. The number of imidazole rings is 1. The molecule has 1 amide bonds. The molecular formula is C15H18BrN3O3. The summed E-state index contributed by atoms with van der Waals surface area (Å²) in [5.41, 5.74) is 2.69. The van der Waals surface area contributed by atoms with Gasteiger partial charge in [0.15, 0.2) is 5.65 Å². The molecule has 1 atom stereocenters. The molecule has 0 spiro atoms. The van der Waals surface area contributed by atoms with E-state index in [1.807, 2.05) is 26.1 Å². The molecule has 6 nitrogen and oxygen atoms in total. The number of aryl methyl sites for hydroxylation is 2. The van der Waals surface area contributed by atoms with Crippen LogP contribution in [-0.2, 0) is 11.2 Å². The molecule has 22 heavy (non-hydrogen) atoms. The molecule has 0 bridgehead atoms. The number of aromatic nitrogens is 2. The monoisotopic (exact) mass is 367 g/mol. The minimum absolute atomic E-state index is 0.398. The van der Waals surface area contributed by atoms with Crippen LogP contribution in [0.25, 0.3) is 5.65 Å². The normalized spacial score (nSPS) is 12.4. The molecule has 0 aliphatic carbocycles.